The van der Waals surface area contributed by atoms with E-state index in [1.54, 1.807) is 4.90 Å². The van der Waals surface area contributed by atoms with Gasteiger partial charge >= 0.3 is 0 Å². The fraction of sp³-hybridized carbons (Fsp3) is 0.385. The molecule has 0 aliphatic rings. The van der Waals surface area contributed by atoms with Crippen molar-refractivity contribution in [3.63, 3.8) is 0 Å². The van der Waals surface area contributed by atoms with Gasteiger partial charge in [0.05, 0.1) is 0 Å². The Morgan fingerprint density at radius 3 is 2.62 bits per heavy atom. The Kier molecular flexibility index (Phi) is 7.34. The Balaban J connectivity index is 0.00000220. The van der Waals surface area contributed by atoms with Crippen molar-refractivity contribution in [1.29, 1.82) is 0 Å². The minimum Gasteiger partial charge on any atom is -0.339 e. The summed E-state index contributed by atoms with van der Waals surface area (Å²) < 4.78 is 1.41. The SMILES string of the molecule is Cl.NCCN(CCc1ccccc1)C(=O)Cn1cnnn1. The van der Waals surface area contributed by atoms with Crippen LogP contribution >= 0.6 is 12.4 Å². The Hall–Kier alpha value is -1.99. The number of nitrogens with two attached hydrogens (primary N) is 1. The number of carbonyl (C=O) groups excluding carboxylic acids is 1. The van der Waals surface area contributed by atoms with Crippen LogP contribution in [0, 0.1) is 0 Å². The smallest absolute Gasteiger partial charge is 0.244 e. The molecule has 0 atom stereocenters. The number of halogens is 1. The van der Waals surface area contributed by atoms with Crippen LogP contribution in [0.3, 0.4) is 0 Å². The third-order valence-electron chi connectivity index (χ3n) is 2.95. The van der Waals surface area contributed by atoms with E-state index in [0.29, 0.717) is 19.6 Å². The third kappa shape index (κ3) is 5.49. The van der Waals surface area contributed by atoms with Crippen molar-refractivity contribution in [2.75, 3.05) is 19.6 Å². The van der Waals surface area contributed by atoms with E-state index in [1.165, 1.54) is 16.6 Å². The highest BCUT2D eigenvalue weighted by Gasteiger charge is 2.13. The van der Waals surface area contributed by atoms with E-state index in [0.717, 1.165) is 6.42 Å². The minimum absolute atomic E-state index is 0. The van der Waals surface area contributed by atoms with Gasteiger partial charge in [-0.2, -0.15) is 0 Å². The Morgan fingerprint density at radius 2 is 2.00 bits per heavy atom. The molecule has 0 saturated carbocycles. The number of hydrogen-bond donors (Lipinski definition) is 1. The van der Waals surface area contributed by atoms with Crippen LogP contribution in [0.15, 0.2) is 36.7 Å². The Bertz CT molecular complexity index is 519. The molecule has 0 fully saturated rings. The summed E-state index contributed by atoms with van der Waals surface area (Å²) >= 11 is 0. The van der Waals surface area contributed by atoms with Gasteiger partial charge in [0, 0.05) is 19.6 Å². The molecule has 0 spiro atoms. The lowest BCUT2D eigenvalue weighted by Gasteiger charge is -2.21. The quantitative estimate of drug-likeness (QED) is 0.785. The third-order valence-corrected chi connectivity index (χ3v) is 2.95. The van der Waals surface area contributed by atoms with E-state index in [4.69, 9.17) is 5.73 Å². The van der Waals surface area contributed by atoms with Crippen molar-refractivity contribution < 1.29 is 4.79 Å². The van der Waals surface area contributed by atoms with E-state index in [2.05, 4.69) is 15.5 Å². The zero-order valence-electron chi connectivity index (χ0n) is 11.6. The van der Waals surface area contributed by atoms with Crippen molar-refractivity contribution in [1.82, 2.24) is 25.1 Å². The van der Waals surface area contributed by atoms with Gasteiger partial charge in [-0.3, -0.25) is 4.79 Å². The Morgan fingerprint density at radius 1 is 1.24 bits per heavy atom. The summed E-state index contributed by atoms with van der Waals surface area (Å²) in [6.45, 7) is 1.76. The lowest BCUT2D eigenvalue weighted by Crippen LogP contribution is -2.39. The van der Waals surface area contributed by atoms with Crippen LogP contribution < -0.4 is 5.73 Å². The molecule has 1 aromatic carbocycles. The number of hydrogen-bond acceptors (Lipinski definition) is 5. The van der Waals surface area contributed by atoms with Gasteiger partial charge in [-0.15, -0.1) is 17.5 Å². The first-order valence-electron chi connectivity index (χ1n) is 6.52. The fourth-order valence-corrected chi connectivity index (χ4v) is 1.92. The maximum Gasteiger partial charge on any atom is 0.244 e. The lowest BCUT2D eigenvalue weighted by atomic mass is 10.1. The van der Waals surface area contributed by atoms with Crippen molar-refractivity contribution in [2.24, 2.45) is 5.73 Å². The molecule has 7 nitrogen and oxygen atoms in total. The molecule has 8 heteroatoms. The van der Waals surface area contributed by atoms with Crippen LogP contribution in [0.25, 0.3) is 0 Å². The predicted molar refractivity (Wildman–Crippen MR) is 80.8 cm³/mol. The molecule has 0 aliphatic carbocycles. The van der Waals surface area contributed by atoms with Crippen LogP contribution in [-0.2, 0) is 17.8 Å². The second kappa shape index (κ2) is 9.04. The molecule has 21 heavy (non-hydrogen) atoms. The zero-order valence-corrected chi connectivity index (χ0v) is 12.4. The average molecular weight is 311 g/mol. The molecule has 0 radical (unpaired) electrons. The van der Waals surface area contributed by atoms with Gasteiger partial charge in [0.25, 0.3) is 0 Å². The van der Waals surface area contributed by atoms with Gasteiger partial charge in [-0.05, 0) is 22.4 Å². The largest absolute Gasteiger partial charge is 0.339 e. The van der Waals surface area contributed by atoms with Crippen molar-refractivity contribution in [2.45, 2.75) is 13.0 Å². The first kappa shape index (κ1) is 17.1. The second-order valence-electron chi connectivity index (χ2n) is 4.41. The molecule has 0 unspecified atom stereocenters. The fourth-order valence-electron chi connectivity index (χ4n) is 1.92. The first-order valence-corrected chi connectivity index (χ1v) is 6.52. The number of benzene rings is 1. The van der Waals surface area contributed by atoms with Crippen LogP contribution in [0.4, 0.5) is 0 Å². The number of nitrogens with zero attached hydrogens (tertiary/aromatic N) is 5. The van der Waals surface area contributed by atoms with Crippen LogP contribution in [0.2, 0.25) is 0 Å². The highest BCUT2D eigenvalue weighted by Crippen LogP contribution is 2.02. The van der Waals surface area contributed by atoms with Crippen molar-refractivity contribution in [3.8, 4) is 0 Å². The number of aromatic nitrogens is 4. The summed E-state index contributed by atoms with van der Waals surface area (Å²) in [4.78, 5) is 13.9. The van der Waals surface area contributed by atoms with Crippen LogP contribution in [-0.4, -0.2) is 50.6 Å². The molecule has 0 bridgehead atoms. The molecular weight excluding hydrogens is 292 g/mol. The topological polar surface area (TPSA) is 89.9 Å². The average Bonchev–Trinajstić information content (AvgIpc) is 2.97. The molecule has 2 N–H and O–H groups in total. The normalized spacial score (nSPS) is 9.95. The maximum atomic E-state index is 12.2. The summed E-state index contributed by atoms with van der Waals surface area (Å²) in [7, 11) is 0. The van der Waals surface area contributed by atoms with Gasteiger partial charge in [0.15, 0.2) is 0 Å². The van der Waals surface area contributed by atoms with E-state index < -0.39 is 0 Å². The molecule has 2 aromatic rings. The van der Waals surface area contributed by atoms with Crippen molar-refractivity contribution in [3.05, 3.63) is 42.2 Å². The number of rotatable bonds is 7. The Labute approximate surface area is 129 Å². The first-order chi connectivity index (χ1) is 9.79. The highest BCUT2D eigenvalue weighted by atomic mass is 35.5. The van der Waals surface area contributed by atoms with Gasteiger partial charge in [-0.25, -0.2) is 4.68 Å². The maximum absolute atomic E-state index is 12.2. The molecule has 0 aliphatic heterocycles. The van der Waals surface area contributed by atoms with Crippen LogP contribution in [0.5, 0.6) is 0 Å². The molecule has 1 aromatic heterocycles. The van der Waals surface area contributed by atoms with E-state index in [9.17, 15) is 4.79 Å². The van der Waals surface area contributed by atoms with Gasteiger partial charge in [0.2, 0.25) is 5.91 Å². The van der Waals surface area contributed by atoms with Crippen LogP contribution in [0.1, 0.15) is 5.56 Å². The van der Waals surface area contributed by atoms with Crippen molar-refractivity contribution >= 4 is 18.3 Å². The minimum atomic E-state index is -0.0290. The standard InChI is InChI=1S/C13H18N6O.ClH/c14-7-9-18(8-6-12-4-2-1-3-5-12)13(20)10-19-11-15-16-17-19;/h1-5,11H,6-10,14H2;1H. The zero-order chi connectivity index (χ0) is 14.2. The molecular formula is C13H19ClN6O. The van der Waals surface area contributed by atoms with E-state index in [-0.39, 0.29) is 24.9 Å². The van der Waals surface area contributed by atoms with Gasteiger partial charge in [0.1, 0.15) is 12.9 Å². The van der Waals surface area contributed by atoms with Gasteiger partial charge in [-0.1, -0.05) is 30.3 Å². The summed E-state index contributed by atoms with van der Waals surface area (Å²) in [6.07, 6.45) is 2.23. The molecule has 1 heterocycles. The second-order valence-corrected chi connectivity index (χ2v) is 4.41. The summed E-state index contributed by atoms with van der Waals surface area (Å²) in [5.41, 5.74) is 6.77. The monoisotopic (exact) mass is 310 g/mol. The van der Waals surface area contributed by atoms with E-state index in [1.807, 2.05) is 30.3 Å². The number of carbonyl (C=O) groups is 1. The van der Waals surface area contributed by atoms with E-state index >= 15 is 0 Å². The van der Waals surface area contributed by atoms with Gasteiger partial charge < -0.3 is 10.6 Å². The summed E-state index contributed by atoms with van der Waals surface area (Å²) in [5, 5.41) is 10.7. The molecule has 1 amide bonds. The molecule has 0 saturated heterocycles. The number of amides is 1. The summed E-state index contributed by atoms with van der Waals surface area (Å²) in [6, 6.07) is 10.1. The summed E-state index contributed by atoms with van der Waals surface area (Å²) in [5.74, 6) is -0.0290. The lowest BCUT2D eigenvalue weighted by molar-refractivity contribution is -0.132. The highest BCUT2D eigenvalue weighted by molar-refractivity contribution is 5.85. The number of tetrazole rings is 1. The molecule has 2 rings (SSSR count). The molecule has 114 valence electrons. The predicted octanol–water partition coefficient (Wildman–Crippen LogP) is 0.125.